The third-order valence-electron chi connectivity index (χ3n) is 2.65. The second-order valence-corrected chi connectivity index (χ2v) is 3.71. The summed E-state index contributed by atoms with van der Waals surface area (Å²) in [6.07, 6.45) is 7.46. The highest BCUT2D eigenvalue weighted by Gasteiger charge is 2.20. The second kappa shape index (κ2) is 5.81. The minimum Gasteiger partial charge on any atom is -0.469 e. The fraction of sp³-hybridized carbons (Fsp3) is 0.727. The third kappa shape index (κ3) is 3.14. The molecule has 1 unspecified atom stereocenters. The van der Waals surface area contributed by atoms with Crippen molar-refractivity contribution in [3.8, 4) is 0 Å². The highest BCUT2D eigenvalue weighted by atomic mass is 16.5. The van der Waals surface area contributed by atoms with Gasteiger partial charge < -0.3 is 9.84 Å². The molecule has 1 aliphatic rings. The minimum absolute atomic E-state index is 0.121. The number of carbonyl (C=O) groups is 1. The number of carbonyl (C=O) groups excluding carboxylic acids is 1. The molecule has 0 heterocycles. The molecule has 14 heavy (non-hydrogen) atoms. The molecule has 0 aliphatic heterocycles. The zero-order chi connectivity index (χ0) is 10.4. The van der Waals surface area contributed by atoms with Crippen LogP contribution in [0.15, 0.2) is 11.6 Å². The molecule has 1 rings (SSSR count). The van der Waals surface area contributed by atoms with Crippen LogP contribution in [0.25, 0.3) is 0 Å². The van der Waals surface area contributed by atoms with Crippen molar-refractivity contribution >= 4 is 5.97 Å². The van der Waals surface area contributed by atoms with Crippen molar-refractivity contribution in [3.63, 3.8) is 0 Å². The first-order valence-electron chi connectivity index (χ1n) is 5.14. The average Bonchev–Trinajstić information content (AvgIpc) is 2.26. The van der Waals surface area contributed by atoms with E-state index >= 15 is 0 Å². The number of esters is 1. The Bertz CT molecular complexity index is 221. The summed E-state index contributed by atoms with van der Waals surface area (Å²) in [6.45, 7) is -0.121. The predicted octanol–water partition coefficient (Wildman–Crippen LogP) is 1.66. The number of aliphatic hydroxyl groups is 1. The highest BCUT2D eigenvalue weighted by Crippen LogP contribution is 2.23. The Morgan fingerprint density at radius 2 is 2.43 bits per heavy atom. The van der Waals surface area contributed by atoms with E-state index in [1.165, 1.54) is 25.5 Å². The van der Waals surface area contributed by atoms with Crippen LogP contribution >= 0.6 is 0 Å². The van der Waals surface area contributed by atoms with Gasteiger partial charge in [-0.2, -0.15) is 0 Å². The Kier molecular flexibility index (Phi) is 4.66. The summed E-state index contributed by atoms with van der Waals surface area (Å²) in [6, 6.07) is 0. The Balaban J connectivity index is 2.46. The topological polar surface area (TPSA) is 46.5 Å². The van der Waals surface area contributed by atoms with E-state index < -0.39 is 0 Å². The summed E-state index contributed by atoms with van der Waals surface area (Å²) in [5.41, 5.74) is 1.29. The second-order valence-electron chi connectivity index (χ2n) is 3.71. The standard InChI is InChI=1S/C11H18O3/c1-14-11(13)10(8-12)7-9-5-3-2-4-6-9/h5,10,12H,2-4,6-8H2,1H3. The van der Waals surface area contributed by atoms with E-state index in [2.05, 4.69) is 10.8 Å². The van der Waals surface area contributed by atoms with Gasteiger partial charge in [0.15, 0.2) is 0 Å². The lowest BCUT2D eigenvalue weighted by atomic mass is 9.91. The Morgan fingerprint density at radius 1 is 1.64 bits per heavy atom. The molecule has 0 saturated carbocycles. The van der Waals surface area contributed by atoms with Crippen LogP contribution in [0.1, 0.15) is 32.1 Å². The van der Waals surface area contributed by atoms with Crippen LogP contribution < -0.4 is 0 Å². The van der Waals surface area contributed by atoms with E-state index in [9.17, 15) is 4.79 Å². The first-order chi connectivity index (χ1) is 6.77. The largest absolute Gasteiger partial charge is 0.469 e. The van der Waals surface area contributed by atoms with E-state index in [1.54, 1.807) is 0 Å². The van der Waals surface area contributed by atoms with Gasteiger partial charge in [-0.25, -0.2) is 0 Å². The monoisotopic (exact) mass is 198 g/mol. The summed E-state index contributed by atoms with van der Waals surface area (Å²) >= 11 is 0. The molecule has 0 aromatic carbocycles. The maximum absolute atomic E-state index is 11.2. The van der Waals surface area contributed by atoms with Crippen LogP contribution in [0, 0.1) is 5.92 Å². The quantitative estimate of drug-likeness (QED) is 0.552. The summed E-state index contributed by atoms with van der Waals surface area (Å²) < 4.78 is 4.62. The van der Waals surface area contributed by atoms with Crippen LogP contribution in [-0.2, 0) is 9.53 Å². The van der Waals surface area contributed by atoms with Crippen molar-refractivity contribution in [2.24, 2.45) is 5.92 Å². The predicted molar refractivity (Wildman–Crippen MR) is 53.8 cm³/mol. The van der Waals surface area contributed by atoms with Crippen molar-refractivity contribution in [1.29, 1.82) is 0 Å². The summed E-state index contributed by atoms with van der Waals surface area (Å²) in [4.78, 5) is 11.2. The first kappa shape index (κ1) is 11.2. The third-order valence-corrected chi connectivity index (χ3v) is 2.65. The molecule has 1 aliphatic carbocycles. The van der Waals surface area contributed by atoms with Crippen molar-refractivity contribution in [2.45, 2.75) is 32.1 Å². The van der Waals surface area contributed by atoms with Gasteiger partial charge in [0.25, 0.3) is 0 Å². The van der Waals surface area contributed by atoms with E-state index in [4.69, 9.17) is 5.11 Å². The molecule has 0 amide bonds. The zero-order valence-electron chi connectivity index (χ0n) is 8.66. The van der Waals surface area contributed by atoms with Gasteiger partial charge in [-0.05, 0) is 32.1 Å². The van der Waals surface area contributed by atoms with Crippen LogP contribution in [0.4, 0.5) is 0 Å². The van der Waals surface area contributed by atoms with Crippen LogP contribution in [0.3, 0.4) is 0 Å². The molecule has 80 valence electrons. The minimum atomic E-state index is -0.371. The van der Waals surface area contributed by atoms with Gasteiger partial charge in [0.1, 0.15) is 0 Å². The molecule has 0 fully saturated rings. The fourth-order valence-electron chi connectivity index (χ4n) is 1.80. The van der Waals surface area contributed by atoms with Crippen molar-refractivity contribution in [1.82, 2.24) is 0 Å². The highest BCUT2D eigenvalue weighted by molar-refractivity contribution is 5.72. The molecular weight excluding hydrogens is 180 g/mol. The van der Waals surface area contributed by atoms with E-state index in [1.807, 2.05) is 0 Å². The number of hydrogen-bond acceptors (Lipinski definition) is 3. The van der Waals surface area contributed by atoms with Crippen LogP contribution in [0.5, 0.6) is 0 Å². The molecule has 3 heteroatoms. The SMILES string of the molecule is COC(=O)C(CO)CC1=CCCCC1. The molecule has 0 aromatic heterocycles. The lowest BCUT2D eigenvalue weighted by Crippen LogP contribution is -2.20. The average molecular weight is 198 g/mol. The molecule has 3 nitrogen and oxygen atoms in total. The van der Waals surface area contributed by atoms with Crippen molar-refractivity contribution in [2.75, 3.05) is 13.7 Å². The number of ether oxygens (including phenoxy) is 1. The number of hydrogen-bond donors (Lipinski definition) is 1. The first-order valence-corrected chi connectivity index (χ1v) is 5.14. The summed E-state index contributed by atoms with van der Waals surface area (Å²) in [7, 11) is 1.36. The number of methoxy groups -OCH3 is 1. The molecule has 1 N–H and O–H groups in total. The normalized spacial score (nSPS) is 18.6. The molecule has 0 saturated heterocycles. The van der Waals surface area contributed by atoms with Gasteiger partial charge in [0.05, 0.1) is 19.6 Å². The molecule has 0 radical (unpaired) electrons. The van der Waals surface area contributed by atoms with Gasteiger partial charge in [0.2, 0.25) is 0 Å². The van der Waals surface area contributed by atoms with Crippen LogP contribution in [-0.4, -0.2) is 24.8 Å². The van der Waals surface area contributed by atoms with Crippen molar-refractivity contribution < 1.29 is 14.6 Å². The van der Waals surface area contributed by atoms with Crippen LogP contribution in [0.2, 0.25) is 0 Å². The molecule has 0 aromatic rings. The van der Waals surface area contributed by atoms with E-state index in [0.29, 0.717) is 6.42 Å². The lowest BCUT2D eigenvalue weighted by molar-refractivity contribution is -0.146. The molecule has 1 atom stereocenters. The lowest BCUT2D eigenvalue weighted by Gasteiger charge is -2.17. The Hall–Kier alpha value is -0.830. The molecule has 0 spiro atoms. The van der Waals surface area contributed by atoms with Gasteiger partial charge >= 0.3 is 5.97 Å². The number of allylic oxidation sites excluding steroid dienone is 2. The summed E-state index contributed by atoms with van der Waals surface area (Å²) in [5.74, 6) is -0.677. The maximum Gasteiger partial charge on any atom is 0.311 e. The Morgan fingerprint density at radius 3 is 2.93 bits per heavy atom. The smallest absolute Gasteiger partial charge is 0.311 e. The zero-order valence-corrected chi connectivity index (χ0v) is 8.66. The number of rotatable bonds is 4. The Labute approximate surface area is 84.8 Å². The summed E-state index contributed by atoms with van der Waals surface area (Å²) in [5, 5.41) is 9.03. The van der Waals surface area contributed by atoms with Gasteiger partial charge in [0, 0.05) is 0 Å². The maximum atomic E-state index is 11.2. The van der Waals surface area contributed by atoms with E-state index in [-0.39, 0.29) is 18.5 Å². The number of aliphatic hydroxyl groups excluding tert-OH is 1. The van der Waals surface area contributed by atoms with Gasteiger partial charge in [-0.3, -0.25) is 4.79 Å². The van der Waals surface area contributed by atoms with E-state index in [0.717, 1.165) is 12.8 Å². The van der Waals surface area contributed by atoms with Crippen molar-refractivity contribution in [3.05, 3.63) is 11.6 Å². The fourth-order valence-corrected chi connectivity index (χ4v) is 1.80. The molecular formula is C11H18O3. The van der Waals surface area contributed by atoms with Gasteiger partial charge in [-0.1, -0.05) is 11.6 Å². The van der Waals surface area contributed by atoms with Gasteiger partial charge in [-0.15, -0.1) is 0 Å². The molecule has 0 bridgehead atoms.